The molecule has 0 radical (unpaired) electrons. The molecule has 7 nitrogen and oxygen atoms in total. The van der Waals surface area contributed by atoms with Crippen LogP contribution in [0.15, 0.2) is 24.3 Å². The van der Waals surface area contributed by atoms with Crippen molar-refractivity contribution in [3.8, 4) is 0 Å². The third-order valence-electron chi connectivity index (χ3n) is 2.86. The molecule has 0 aliphatic heterocycles. The first-order chi connectivity index (χ1) is 10.9. The Bertz CT molecular complexity index is 787. The van der Waals surface area contributed by atoms with Crippen molar-refractivity contribution in [1.82, 2.24) is 10.2 Å². The molecular weight excluding hydrogens is 336 g/mol. The van der Waals surface area contributed by atoms with Gasteiger partial charge in [0.15, 0.2) is 0 Å². The summed E-state index contributed by atoms with van der Waals surface area (Å²) in [5.74, 6) is -0.325. The van der Waals surface area contributed by atoms with E-state index >= 15 is 0 Å². The number of rotatable bonds is 7. The Hall–Kier alpha value is -2.00. The highest BCUT2D eigenvalue weighted by atomic mass is 32.2. The predicted octanol–water partition coefficient (Wildman–Crippen LogP) is 2.50. The van der Waals surface area contributed by atoms with Crippen molar-refractivity contribution < 1.29 is 13.2 Å². The van der Waals surface area contributed by atoms with Gasteiger partial charge in [-0.05, 0) is 31.0 Å². The lowest BCUT2D eigenvalue weighted by atomic mass is 10.2. The van der Waals surface area contributed by atoms with Crippen molar-refractivity contribution in [3.63, 3.8) is 0 Å². The van der Waals surface area contributed by atoms with Crippen molar-refractivity contribution in [2.45, 2.75) is 26.7 Å². The van der Waals surface area contributed by atoms with Gasteiger partial charge in [-0.2, -0.15) is 0 Å². The quantitative estimate of drug-likeness (QED) is 0.795. The summed E-state index contributed by atoms with van der Waals surface area (Å²) in [5, 5.41) is 11.7. The fourth-order valence-electron chi connectivity index (χ4n) is 1.84. The Balaban J connectivity index is 2.10. The van der Waals surface area contributed by atoms with E-state index in [0.717, 1.165) is 11.4 Å². The normalized spacial score (nSPS) is 11.2. The fourth-order valence-corrected chi connectivity index (χ4v) is 3.64. The minimum atomic E-state index is -3.39. The Kier molecular flexibility index (Phi) is 5.67. The standard InChI is InChI=1S/C14H18N4O3S2/c1-3-8-23(20,21)18-11-7-5-6-10(9-11)13(19)15-14-17-16-12(4-2)22-14/h5-7,9,18H,3-4,8H2,1-2H3,(H,15,17,19). The van der Waals surface area contributed by atoms with E-state index in [9.17, 15) is 13.2 Å². The fraction of sp³-hybridized carbons (Fsp3) is 0.357. The molecule has 124 valence electrons. The van der Waals surface area contributed by atoms with Gasteiger partial charge in [-0.15, -0.1) is 10.2 Å². The highest BCUT2D eigenvalue weighted by molar-refractivity contribution is 7.92. The van der Waals surface area contributed by atoms with Gasteiger partial charge in [-0.1, -0.05) is 31.3 Å². The van der Waals surface area contributed by atoms with Crippen LogP contribution in [0, 0.1) is 0 Å². The number of aryl methyl sites for hydroxylation is 1. The average molecular weight is 354 g/mol. The van der Waals surface area contributed by atoms with Crippen molar-refractivity contribution in [2.24, 2.45) is 0 Å². The van der Waals surface area contributed by atoms with Crippen LogP contribution >= 0.6 is 11.3 Å². The number of aromatic nitrogens is 2. The Morgan fingerprint density at radius 3 is 2.70 bits per heavy atom. The molecule has 0 saturated heterocycles. The second kappa shape index (κ2) is 7.51. The van der Waals surface area contributed by atoms with Crippen molar-refractivity contribution >= 4 is 38.1 Å². The number of carbonyl (C=O) groups excluding carboxylic acids is 1. The van der Waals surface area contributed by atoms with E-state index in [0.29, 0.717) is 22.8 Å². The first-order valence-corrected chi connectivity index (χ1v) is 9.64. The van der Waals surface area contributed by atoms with E-state index in [1.54, 1.807) is 25.1 Å². The lowest BCUT2D eigenvalue weighted by Crippen LogP contribution is -2.17. The van der Waals surface area contributed by atoms with E-state index in [4.69, 9.17) is 0 Å². The van der Waals surface area contributed by atoms with Crippen LogP contribution in [0.25, 0.3) is 0 Å². The summed E-state index contributed by atoms with van der Waals surface area (Å²) in [7, 11) is -3.39. The number of nitrogens with zero attached hydrogens (tertiary/aromatic N) is 2. The van der Waals surface area contributed by atoms with E-state index in [2.05, 4.69) is 20.2 Å². The largest absolute Gasteiger partial charge is 0.296 e. The summed E-state index contributed by atoms with van der Waals surface area (Å²) in [6.07, 6.45) is 1.27. The van der Waals surface area contributed by atoms with Gasteiger partial charge in [-0.3, -0.25) is 14.8 Å². The van der Waals surface area contributed by atoms with Gasteiger partial charge in [0.25, 0.3) is 5.91 Å². The molecule has 2 rings (SSSR count). The average Bonchev–Trinajstić information content (AvgIpc) is 2.94. The Morgan fingerprint density at radius 1 is 1.26 bits per heavy atom. The number of hydrogen-bond donors (Lipinski definition) is 2. The third kappa shape index (κ3) is 5.00. The number of nitrogens with one attached hydrogen (secondary N) is 2. The summed E-state index contributed by atoms with van der Waals surface area (Å²) >= 11 is 1.31. The van der Waals surface area contributed by atoms with Gasteiger partial charge in [0.2, 0.25) is 15.2 Å². The molecule has 0 aliphatic carbocycles. The van der Waals surface area contributed by atoms with Crippen molar-refractivity contribution in [1.29, 1.82) is 0 Å². The van der Waals surface area contributed by atoms with Crippen LogP contribution in [0.1, 0.15) is 35.6 Å². The van der Waals surface area contributed by atoms with Crippen LogP contribution in [0.4, 0.5) is 10.8 Å². The van der Waals surface area contributed by atoms with Crippen LogP contribution in [0.2, 0.25) is 0 Å². The molecule has 2 aromatic rings. The molecule has 0 spiro atoms. The molecule has 1 aromatic carbocycles. The molecule has 0 fully saturated rings. The van der Waals surface area contributed by atoms with Crippen LogP contribution < -0.4 is 10.0 Å². The second-order valence-electron chi connectivity index (χ2n) is 4.81. The molecule has 0 saturated carbocycles. The van der Waals surface area contributed by atoms with E-state index in [1.807, 2.05) is 6.92 Å². The maximum absolute atomic E-state index is 12.2. The van der Waals surface area contributed by atoms with Gasteiger partial charge in [0.05, 0.1) is 5.75 Å². The molecule has 0 bridgehead atoms. The summed E-state index contributed by atoms with van der Waals surface area (Å²) in [6.45, 7) is 3.74. The Morgan fingerprint density at radius 2 is 2.04 bits per heavy atom. The first kappa shape index (κ1) is 17.4. The Labute approximate surface area is 139 Å². The minimum absolute atomic E-state index is 0.0357. The lowest BCUT2D eigenvalue weighted by molar-refractivity contribution is 0.102. The third-order valence-corrected chi connectivity index (χ3v) is 5.34. The SMILES string of the molecule is CCCS(=O)(=O)Nc1cccc(C(=O)Nc2nnc(CC)s2)c1. The number of benzene rings is 1. The molecule has 1 heterocycles. The summed E-state index contributed by atoms with van der Waals surface area (Å²) < 4.78 is 26.0. The van der Waals surface area contributed by atoms with Gasteiger partial charge in [0, 0.05) is 11.3 Å². The molecule has 0 aliphatic rings. The molecule has 2 N–H and O–H groups in total. The van der Waals surface area contributed by atoms with Gasteiger partial charge in [0.1, 0.15) is 5.01 Å². The molecule has 23 heavy (non-hydrogen) atoms. The molecule has 1 aromatic heterocycles. The smallest absolute Gasteiger partial charge is 0.257 e. The summed E-state index contributed by atoms with van der Waals surface area (Å²) in [4.78, 5) is 12.2. The van der Waals surface area contributed by atoms with E-state index in [-0.39, 0.29) is 11.7 Å². The lowest BCUT2D eigenvalue weighted by Gasteiger charge is -2.08. The molecule has 9 heteroatoms. The highest BCUT2D eigenvalue weighted by Gasteiger charge is 2.13. The van der Waals surface area contributed by atoms with Crippen molar-refractivity contribution in [2.75, 3.05) is 15.8 Å². The second-order valence-corrected chi connectivity index (χ2v) is 7.71. The molecule has 0 atom stereocenters. The van der Waals surface area contributed by atoms with E-state index in [1.165, 1.54) is 17.4 Å². The maximum atomic E-state index is 12.2. The van der Waals surface area contributed by atoms with Crippen LogP contribution in [-0.2, 0) is 16.4 Å². The molecular formula is C14H18N4O3S2. The zero-order valence-corrected chi connectivity index (χ0v) is 14.5. The van der Waals surface area contributed by atoms with Gasteiger partial charge < -0.3 is 0 Å². The van der Waals surface area contributed by atoms with E-state index < -0.39 is 10.0 Å². The van der Waals surface area contributed by atoms with Gasteiger partial charge >= 0.3 is 0 Å². The number of amides is 1. The zero-order chi connectivity index (χ0) is 16.9. The maximum Gasteiger partial charge on any atom is 0.257 e. The molecule has 0 unspecified atom stereocenters. The number of hydrogen-bond acceptors (Lipinski definition) is 6. The minimum Gasteiger partial charge on any atom is -0.296 e. The number of sulfonamides is 1. The zero-order valence-electron chi connectivity index (χ0n) is 12.9. The van der Waals surface area contributed by atoms with Gasteiger partial charge in [-0.25, -0.2) is 8.42 Å². The van der Waals surface area contributed by atoms with Crippen LogP contribution in [0.5, 0.6) is 0 Å². The number of anilines is 2. The summed E-state index contributed by atoms with van der Waals surface area (Å²) in [5.41, 5.74) is 0.701. The van der Waals surface area contributed by atoms with Crippen molar-refractivity contribution in [3.05, 3.63) is 34.8 Å². The monoisotopic (exact) mass is 354 g/mol. The highest BCUT2D eigenvalue weighted by Crippen LogP contribution is 2.18. The molecule has 1 amide bonds. The van der Waals surface area contributed by atoms with Crippen LogP contribution in [-0.4, -0.2) is 30.3 Å². The van der Waals surface area contributed by atoms with Crippen LogP contribution in [0.3, 0.4) is 0 Å². The topological polar surface area (TPSA) is 101 Å². The number of carbonyl (C=O) groups is 1. The first-order valence-electron chi connectivity index (χ1n) is 7.17. The predicted molar refractivity (Wildman–Crippen MR) is 91.4 cm³/mol. The summed E-state index contributed by atoms with van der Waals surface area (Å²) in [6, 6.07) is 6.32.